The van der Waals surface area contributed by atoms with Gasteiger partial charge in [-0.15, -0.1) is 17.8 Å². The van der Waals surface area contributed by atoms with Crippen LogP contribution < -0.4 is 10.5 Å². The van der Waals surface area contributed by atoms with Crippen LogP contribution in [-0.4, -0.2) is 12.1 Å². The Balaban J connectivity index is 1.79. The predicted octanol–water partition coefficient (Wildman–Crippen LogP) is 6.46. The van der Waals surface area contributed by atoms with E-state index in [9.17, 15) is 0 Å². The van der Waals surface area contributed by atoms with Crippen LogP contribution in [0.25, 0.3) is 11.3 Å². The lowest BCUT2D eigenvalue weighted by Gasteiger charge is -2.32. The third-order valence-electron chi connectivity index (χ3n) is 6.15. The van der Waals surface area contributed by atoms with Gasteiger partial charge in [-0.2, -0.15) is 0 Å². The van der Waals surface area contributed by atoms with Crippen molar-refractivity contribution in [2.75, 3.05) is 7.11 Å². The first-order valence-electron chi connectivity index (χ1n) is 10.5. The van der Waals surface area contributed by atoms with Crippen LogP contribution in [0.1, 0.15) is 46.2 Å². The van der Waals surface area contributed by atoms with Gasteiger partial charge in [-0.1, -0.05) is 60.7 Å². The first kappa shape index (κ1) is 21.9. The highest BCUT2D eigenvalue weighted by molar-refractivity contribution is 7.12. The lowest BCUT2D eigenvalue weighted by molar-refractivity contribution is 0.409. The number of thiazole rings is 1. The number of hydrogen-bond acceptors (Lipinski definition) is 4. The SMILES string of the molecule is C#CC(N)(c1nc(-c2cc(C)c(OC)cc2Cl)c(C)s1)[C@@H](CC1CC1)c1ccccc1. The molecule has 1 aliphatic rings. The maximum Gasteiger partial charge on any atom is 0.136 e. The topological polar surface area (TPSA) is 48.1 Å². The Kier molecular flexibility index (Phi) is 6.12. The number of methoxy groups -OCH3 is 1. The van der Waals surface area contributed by atoms with E-state index in [0.717, 1.165) is 38.9 Å². The minimum Gasteiger partial charge on any atom is -0.496 e. The molecule has 5 heteroatoms. The van der Waals surface area contributed by atoms with E-state index in [2.05, 4.69) is 18.1 Å². The molecule has 2 N–H and O–H groups in total. The highest BCUT2D eigenvalue weighted by atomic mass is 35.5. The fraction of sp³-hybridized carbons (Fsp3) is 0.346. The second-order valence-electron chi connectivity index (χ2n) is 8.38. The van der Waals surface area contributed by atoms with Crippen molar-refractivity contribution in [3.63, 3.8) is 0 Å². The average molecular weight is 451 g/mol. The molecule has 2 aromatic carbocycles. The van der Waals surface area contributed by atoms with Gasteiger partial charge in [0.1, 0.15) is 16.3 Å². The summed E-state index contributed by atoms with van der Waals surface area (Å²) >= 11 is 8.16. The highest BCUT2D eigenvalue weighted by Crippen LogP contribution is 2.47. The minimum absolute atomic E-state index is 0.0117. The number of halogens is 1. The fourth-order valence-electron chi connectivity index (χ4n) is 4.16. The van der Waals surface area contributed by atoms with Gasteiger partial charge in [0.05, 0.1) is 17.8 Å². The summed E-state index contributed by atoms with van der Waals surface area (Å²) in [5.41, 5.74) is 9.90. The van der Waals surface area contributed by atoms with Crippen LogP contribution in [0.3, 0.4) is 0 Å². The third kappa shape index (κ3) is 4.23. The molecule has 2 atom stereocenters. The van der Waals surface area contributed by atoms with Crippen LogP contribution in [-0.2, 0) is 5.54 Å². The summed E-state index contributed by atoms with van der Waals surface area (Å²) in [6.45, 7) is 4.04. The molecule has 1 aliphatic carbocycles. The van der Waals surface area contributed by atoms with Crippen molar-refractivity contribution in [1.82, 2.24) is 4.98 Å². The van der Waals surface area contributed by atoms with Gasteiger partial charge in [0.2, 0.25) is 0 Å². The first-order chi connectivity index (χ1) is 14.9. The molecule has 1 heterocycles. The van der Waals surface area contributed by atoms with E-state index in [-0.39, 0.29) is 5.92 Å². The molecule has 0 saturated heterocycles. The lowest BCUT2D eigenvalue weighted by Crippen LogP contribution is -2.41. The largest absolute Gasteiger partial charge is 0.496 e. The molecule has 160 valence electrons. The molecule has 0 spiro atoms. The smallest absolute Gasteiger partial charge is 0.136 e. The second kappa shape index (κ2) is 8.67. The van der Waals surface area contributed by atoms with Crippen LogP contribution in [0.2, 0.25) is 5.02 Å². The van der Waals surface area contributed by atoms with E-state index in [1.165, 1.54) is 18.4 Å². The van der Waals surface area contributed by atoms with Crippen molar-refractivity contribution >= 4 is 22.9 Å². The zero-order valence-corrected chi connectivity index (χ0v) is 19.7. The molecule has 1 unspecified atom stereocenters. The number of nitrogens with two attached hydrogens (primary N) is 1. The molecule has 1 saturated carbocycles. The molecule has 1 fully saturated rings. The third-order valence-corrected chi connectivity index (χ3v) is 7.58. The zero-order chi connectivity index (χ0) is 22.2. The number of aryl methyl sites for hydroxylation is 2. The van der Waals surface area contributed by atoms with Crippen molar-refractivity contribution in [3.05, 3.63) is 68.5 Å². The van der Waals surface area contributed by atoms with E-state index in [1.54, 1.807) is 18.4 Å². The standard InChI is InChI=1S/C26H27ClN2OS/c1-5-26(28,21(14-18-11-12-18)19-9-7-6-8-10-19)25-29-24(17(3)31-25)20-13-16(2)23(30-4)15-22(20)27/h1,6-10,13,15,18,21H,11-12,14,28H2,2-4H3/t21-,26?/m0/s1. The van der Waals surface area contributed by atoms with Gasteiger partial charge >= 0.3 is 0 Å². The monoisotopic (exact) mass is 450 g/mol. The quantitative estimate of drug-likeness (QED) is 0.420. The molecular formula is C26H27ClN2OS. The Morgan fingerprint density at radius 1 is 1.29 bits per heavy atom. The van der Waals surface area contributed by atoms with Gasteiger partial charge < -0.3 is 10.5 Å². The number of hydrogen-bond donors (Lipinski definition) is 1. The summed E-state index contributed by atoms with van der Waals surface area (Å²) in [5, 5.41) is 1.37. The predicted molar refractivity (Wildman–Crippen MR) is 130 cm³/mol. The number of ether oxygens (including phenoxy) is 1. The van der Waals surface area contributed by atoms with Crippen LogP contribution in [0, 0.1) is 32.1 Å². The maximum absolute atomic E-state index is 7.00. The molecule has 3 aromatic rings. The summed E-state index contributed by atoms with van der Waals surface area (Å²) in [5.74, 6) is 4.39. The number of rotatable bonds is 7. The van der Waals surface area contributed by atoms with Crippen LogP contribution in [0.4, 0.5) is 0 Å². The molecule has 1 aromatic heterocycles. The van der Waals surface area contributed by atoms with E-state index in [1.807, 2.05) is 44.2 Å². The lowest BCUT2D eigenvalue weighted by atomic mass is 9.77. The molecule has 0 bridgehead atoms. The van der Waals surface area contributed by atoms with Crippen molar-refractivity contribution in [1.29, 1.82) is 0 Å². The van der Waals surface area contributed by atoms with E-state index >= 15 is 0 Å². The van der Waals surface area contributed by atoms with Crippen LogP contribution >= 0.6 is 22.9 Å². The average Bonchev–Trinajstić information content (AvgIpc) is 3.52. The minimum atomic E-state index is -0.981. The molecule has 3 nitrogen and oxygen atoms in total. The molecule has 0 amide bonds. The van der Waals surface area contributed by atoms with Crippen LogP contribution in [0.5, 0.6) is 5.75 Å². The number of aromatic nitrogens is 1. The van der Waals surface area contributed by atoms with Crippen molar-refractivity contribution in [3.8, 4) is 29.4 Å². The first-order valence-corrected chi connectivity index (χ1v) is 11.7. The normalized spacial score (nSPS) is 16.4. The summed E-state index contributed by atoms with van der Waals surface area (Å²) in [7, 11) is 1.64. The molecule has 31 heavy (non-hydrogen) atoms. The van der Waals surface area contributed by atoms with E-state index in [0.29, 0.717) is 10.9 Å². The summed E-state index contributed by atoms with van der Waals surface area (Å²) < 4.78 is 5.40. The molecule has 4 rings (SSSR count). The Morgan fingerprint density at radius 3 is 2.61 bits per heavy atom. The van der Waals surface area contributed by atoms with Gasteiger partial charge in [0.25, 0.3) is 0 Å². The van der Waals surface area contributed by atoms with Gasteiger partial charge in [-0.25, -0.2) is 4.98 Å². The number of benzene rings is 2. The van der Waals surface area contributed by atoms with E-state index < -0.39 is 5.54 Å². The zero-order valence-electron chi connectivity index (χ0n) is 18.1. The Hall–Kier alpha value is -2.32. The van der Waals surface area contributed by atoms with Gasteiger partial charge in [0.15, 0.2) is 0 Å². The highest BCUT2D eigenvalue weighted by Gasteiger charge is 2.42. The number of terminal acetylenes is 1. The van der Waals surface area contributed by atoms with E-state index in [4.69, 9.17) is 33.5 Å². The van der Waals surface area contributed by atoms with Crippen molar-refractivity contribution in [2.24, 2.45) is 11.7 Å². The second-order valence-corrected chi connectivity index (χ2v) is 9.99. The maximum atomic E-state index is 7.00. The Labute approximate surface area is 193 Å². The summed E-state index contributed by atoms with van der Waals surface area (Å²) in [6, 6.07) is 14.2. The van der Waals surface area contributed by atoms with Crippen LogP contribution in [0.15, 0.2) is 42.5 Å². The molecule has 0 aliphatic heterocycles. The summed E-state index contributed by atoms with van der Waals surface area (Å²) in [6.07, 6.45) is 9.57. The van der Waals surface area contributed by atoms with Gasteiger partial charge in [-0.3, -0.25) is 0 Å². The molecule has 0 radical (unpaired) electrons. The molecular weight excluding hydrogens is 424 g/mol. The Bertz CT molecular complexity index is 1130. The van der Waals surface area contributed by atoms with Gasteiger partial charge in [-0.05, 0) is 49.4 Å². The number of nitrogens with zero attached hydrogens (tertiary/aromatic N) is 1. The Morgan fingerprint density at radius 2 is 2.00 bits per heavy atom. The van der Waals surface area contributed by atoms with Crippen molar-refractivity contribution < 1.29 is 4.74 Å². The van der Waals surface area contributed by atoms with Gasteiger partial charge in [0, 0.05) is 16.4 Å². The van der Waals surface area contributed by atoms with Crippen molar-refractivity contribution in [2.45, 2.75) is 44.6 Å². The summed E-state index contributed by atoms with van der Waals surface area (Å²) in [4.78, 5) is 6.03. The fourth-order valence-corrected chi connectivity index (χ4v) is 5.45.